The van der Waals surface area contributed by atoms with E-state index in [1.165, 1.54) is 25.7 Å². The maximum Gasteiger partial charge on any atom is 0.129 e. The molecule has 3 unspecified atom stereocenters. The second-order valence-corrected chi connectivity index (χ2v) is 5.42. The molecular weight excluding hydrogens is 203 g/mol. The van der Waals surface area contributed by atoms with Gasteiger partial charge in [0, 0.05) is 6.42 Å². The Hall–Kier alpha value is -0.110. The summed E-state index contributed by atoms with van der Waals surface area (Å²) in [5, 5.41) is 0. The molecule has 96 valence electrons. The zero-order chi connectivity index (χ0) is 12.0. The summed E-state index contributed by atoms with van der Waals surface area (Å²) in [5.74, 6) is 0. The van der Waals surface area contributed by atoms with Crippen LogP contribution in [0.1, 0.15) is 72.1 Å². The van der Waals surface area contributed by atoms with Gasteiger partial charge in [-0.3, -0.25) is 0 Å². The monoisotopic (exact) mass is 230 g/mol. The number of unbranched alkanes of at least 4 members (excludes halogenated alkanes) is 3. The number of alkyl halides is 1. The number of ether oxygens (including phenoxy) is 1. The Morgan fingerprint density at radius 3 is 2.31 bits per heavy atom. The van der Waals surface area contributed by atoms with Crippen molar-refractivity contribution >= 4 is 0 Å². The summed E-state index contributed by atoms with van der Waals surface area (Å²) in [4.78, 5) is 0. The molecule has 0 N–H and O–H groups in total. The summed E-state index contributed by atoms with van der Waals surface area (Å²) in [6, 6.07) is 0. The van der Waals surface area contributed by atoms with Crippen molar-refractivity contribution in [1.29, 1.82) is 0 Å². The van der Waals surface area contributed by atoms with E-state index in [1.807, 2.05) is 0 Å². The third-order valence-electron chi connectivity index (χ3n) is 3.43. The van der Waals surface area contributed by atoms with E-state index < -0.39 is 6.17 Å². The minimum absolute atomic E-state index is 0.0754. The molecule has 0 spiro atoms. The number of halogens is 1. The fourth-order valence-corrected chi connectivity index (χ4v) is 2.33. The lowest BCUT2D eigenvalue weighted by Crippen LogP contribution is -2.30. The van der Waals surface area contributed by atoms with E-state index in [1.54, 1.807) is 0 Å². The molecule has 0 radical (unpaired) electrons. The number of rotatable bonds is 9. The van der Waals surface area contributed by atoms with E-state index in [-0.39, 0.29) is 11.7 Å². The quantitative estimate of drug-likeness (QED) is 0.524. The van der Waals surface area contributed by atoms with Crippen LogP contribution in [0.25, 0.3) is 0 Å². The third kappa shape index (κ3) is 4.82. The van der Waals surface area contributed by atoms with Crippen LogP contribution in [0.2, 0.25) is 0 Å². The fraction of sp³-hybridized carbons (Fsp3) is 1.00. The van der Waals surface area contributed by atoms with Gasteiger partial charge in [-0.1, -0.05) is 46.0 Å². The minimum Gasteiger partial charge on any atom is -0.369 e. The second-order valence-electron chi connectivity index (χ2n) is 5.42. The van der Waals surface area contributed by atoms with Crippen molar-refractivity contribution in [2.75, 3.05) is 0 Å². The van der Waals surface area contributed by atoms with Gasteiger partial charge in [-0.2, -0.15) is 0 Å². The first-order valence-corrected chi connectivity index (χ1v) is 6.93. The summed E-state index contributed by atoms with van der Waals surface area (Å²) in [6.07, 6.45) is 8.17. The molecule has 2 heteroatoms. The maximum absolute atomic E-state index is 12.9. The number of hydrogen-bond donors (Lipinski definition) is 0. The molecule has 1 rings (SSSR count). The van der Waals surface area contributed by atoms with Crippen molar-refractivity contribution in [2.45, 2.75) is 90.0 Å². The molecule has 0 amide bonds. The van der Waals surface area contributed by atoms with Crippen molar-refractivity contribution < 1.29 is 9.13 Å². The van der Waals surface area contributed by atoms with Gasteiger partial charge in [-0.05, 0) is 19.8 Å². The van der Waals surface area contributed by atoms with Gasteiger partial charge in [0.2, 0.25) is 0 Å². The van der Waals surface area contributed by atoms with Gasteiger partial charge in [0.15, 0.2) is 0 Å². The van der Waals surface area contributed by atoms with Crippen molar-refractivity contribution in [3.05, 3.63) is 0 Å². The summed E-state index contributed by atoms with van der Waals surface area (Å²) >= 11 is 0. The maximum atomic E-state index is 12.9. The standard InChI is InChI=1S/C14H27FO/c1-4-6-7-8-10-14(3,9-5-2)16-13-11-12(13)15/h12-13H,4-11H2,1-3H3. The van der Waals surface area contributed by atoms with E-state index in [9.17, 15) is 4.39 Å². The van der Waals surface area contributed by atoms with Crippen LogP contribution in [0.5, 0.6) is 0 Å². The Morgan fingerprint density at radius 2 is 1.81 bits per heavy atom. The van der Waals surface area contributed by atoms with Gasteiger partial charge in [0.05, 0.1) is 11.7 Å². The van der Waals surface area contributed by atoms with Crippen molar-refractivity contribution in [3.63, 3.8) is 0 Å². The zero-order valence-corrected chi connectivity index (χ0v) is 11.1. The lowest BCUT2D eigenvalue weighted by atomic mass is 9.93. The van der Waals surface area contributed by atoms with E-state index in [4.69, 9.17) is 4.74 Å². The summed E-state index contributed by atoms with van der Waals surface area (Å²) in [6.45, 7) is 6.56. The van der Waals surface area contributed by atoms with Crippen LogP contribution in [0.4, 0.5) is 4.39 Å². The van der Waals surface area contributed by atoms with Crippen LogP contribution in [-0.2, 0) is 4.74 Å². The van der Waals surface area contributed by atoms with Crippen LogP contribution < -0.4 is 0 Å². The molecule has 0 bridgehead atoms. The lowest BCUT2D eigenvalue weighted by molar-refractivity contribution is -0.0635. The van der Waals surface area contributed by atoms with Gasteiger partial charge in [0.1, 0.15) is 6.17 Å². The molecule has 16 heavy (non-hydrogen) atoms. The molecular formula is C14H27FO. The zero-order valence-electron chi connectivity index (χ0n) is 11.1. The van der Waals surface area contributed by atoms with Crippen molar-refractivity contribution in [3.8, 4) is 0 Å². The molecule has 0 heterocycles. The average Bonchev–Trinajstić information content (AvgIpc) is 2.89. The molecule has 1 aliphatic carbocycles. The first-order valence-electron chi connectivity index (χ1n) is 6.93. The van der Waals surface area contributed by atoms with Crippen LogP contribution in [-0.4, -0.2) is 17.9 Å². The van der Waals surface area contributed by atoms with Crippen LogP contribution >= 0.6 is 0 Å². The predicted octanol–water partition coefficient (Wildman–Crippen LogP) is 4.64. The SMILES string of the molecule is CCCCCCC(C)(CCC)OC1CC1F. The molecule has 0 aromatic carbocycles. The summed E-state index contributed by atoms with van der Waals surface area (Å²) < 4.78 is 18.8. The highest BCUT2D eigenvalue weighted by atomic mass is 19.1. The van der Waals surface area contributed by atoms with Crippen LogP contribution in [0.15, 0.2) is 0 Å². The van der Waals surface area contributed by atoms with Gasteiger partial charge >= 0.3 is 0 Å². The molecule has 1 aliphatic rings. The molecule has 3 atom stereocenters. The molecule has 0 aromatic heterocycles. The summed E-state index contributed by atoms with van der Waals surface area (Å²) in [7, 11) is 0. The third-order valence-corrected chi connectivity index (χ3v) is 3.43. The van der Waals surface area contributed by atoms with Crippen LogP contribution in [0.3, 0.4) is 0 Å². The lowest BCUT2D eigenvalue weighted by Gasteiger charge is -2.30. The Bertz CT molecular complexity index is 195. The minimum atomic E-state index is -0.688. The Kier molecular flexibility index (Phi) is 5.74. The van der Waals surface area contributed by atoms with E-state index in [2.05, 4.69) is 20.8 Å². The normalized spacial score (nSPS) is 27.8. The highest BCUT2D eigenvalue weighted by Crippen LogP contribution is 2.36. The first-order chi connectivity index (χ1) is 7.61. The van der Waals surface area contributed by atoms with E-state index in [0.29, 0.717) is 6.42 Å². The average molecular weight is 230 g/mol. The smallest absolute Gasteiger partial charge is 0.129 e. The highest BCUT2D eigenvalue weighted by Gasteiger charge is 2.43. The second kappa shape index (κ2) is 6.58. The highest BCUT2D eigenvalue weighted by molar-refractivity contribution is 4.91. The van der Waals surface area contributed by atoms with Crippen molar-refractivity contribution in [1.82, 2.24) is 0 Å². The summed E-state index contributed by atoms with van der Waals surface area (Å²) in [5.41, 5.74) is -0.0754. The molecule has 0 aliphatic heterocycles. The van der Waals surface area contributed by atoms with Gasteiger partial charge < -0.3 is 4.74 Å². The Balaban J connectivity index is 2.26. The number of hydrogen-bond acceptors (Lipinski definition) is 1. The molecule has 0 aromatic rings. The molecule has 1 fully saturated rings. The van der Waals surface area contributed by atoms with E-state index >= 15 is 0 Å². The molecule has 1 nitrogen and oxygen atoms in total. The van der Waals surface area contributed by atoms with Gasteiger partial charge in [-0.25, -0.2) is 4.39 Å². The van der Waals surface area contributed by atoms with Gasteiger partial charge in [-0.15, -0.1) is 0 Å². The van der Waals surface area contributed by atoms with Crippen LogP contribution in [0, 0.1) is 0 Å². The molecule has 1 saturated carbocycles. The van der Waals surface area contributed by atoms with E-state index in [0.717, 1.165) is 19.3 Å². The van der Waals surface area contributed by atoms with Gasteiger partial charge in [0.25, 0.3) is 0 Å². The Morgan fingerprint density at radius 1 is 1.12 bits per heavy atom. The topological polar surface area (TPSA) is 9.23 Å². The first kappa shape index (κ1) is 14.0. The Labute approximate surface area is 99.8 Å². The van der Waals surface area contributed by atoms with Crippen molar-refractivity contribution in [2.24, 2.45) is 0 Å². The largest absolute Gasteiger partial charge is 0.369 e. The molecule has 0 saturated heterocycles. The fourth-order valence-electron chi connectivity index (χ4n) is 2.33. The predicted molar refractivity (Wildman–Crippen MR) is 66.5 cm³/mol.